The van der Waals surface area contributed by atoms with Crippen molar-refractivity contribution in [2.45, 2.75) is 0 Å². The van der Waals surface area contributed by atoms with Crippen LogP contribution in [0.3, 0.4) is 0 Å². The second kappa shape index (κ2) is 6.23. The van der Waals surface area contributed by atoms with Crippen molar-refractivity contribution < 1.29 is 17.7 Å². The van der Waals surface area contributed by atoms with Crippen LogP contribution in [0.1, 0.15) is 0 Å². The van der Waals surface area contributed by atoms with Gasteiger partial charge in [0.15, 0.2) is 0 Å². The summed E-state index contributed by atoms with van der Waals surface area (Å²) in [5, 5.41) is 0. The molecule has 0 aromatic carbocycles. The normalized spacial score (nSPS) is 12.5. The average molecular weight is 300 g/mol. The highest BCUT2D eigenvalue weighted by atomic mass is 15.3. The van der Waals surface area contributed by atoms with Crippen LogP contribution in [-0.2, 0) is 0 Å². The lowest BCUT2D eigenvalue weighted by molar-refractivity contribution is -0.807. The van der Waals surface area contributed by atoms with Crippen LogP contribution in [0.25, 0.3) is 11.1 Å². The van der Waals surface area contributed by atoms with Crippen LogP contribution in [-0.4, -0.2) is 66.2 Å². The minimum absolute atomic E-state index is 0.210. The maximum atomic E-state index is 2.36. The van der Waals surface area contributed by atoms with Crippen molar-refractivity contribution in [3.8, 4) is 11.1 Å². The van der Waals surface area contributed by atoms with Crippen molar-refractivity contribution in [3.05, 3.63) is 49.1 Å². The van der Waals surface area contributed by atoms with E-state index in [9.17, 15) is 0 Å². The van der Waals surface area contributed by atoms with Gasteiger partial charge in [0.25, 0.3) is 0 Å². The van der Waals surface area contributed by atoms with Gasteiger partial charge in [-0.1, -0.05) is 0 Å². The van der Waals surface area contributed by atoms with E-state index in [4.69, 9.17) is 0 Å². The lowest BCUT2D eigenvalue weighted by Crippen LogP contribution is -2.56. The molecule has 2 aromatic rings. The summed E-state index contributed by atoms with van der Waals surface area (Å²) in [5.74, 6) is 0. The predicted molar refractivity (Wildman–Crippen MR) is 96.2 cm³/mol. The van der Waals surface area contributed by atoms with Crippen molar-refractivity contribution in [3.63, 3.8) is 0 Å². The molecular formula is C16H30B2N4+2. The second-order valence-electron chi connectivity index (χ2n) is 9.27. The molecule has 4 nitrogen and oxygen atoms in total. The van der Waals surface area contributed by atoms with Gasteiger partial charge in [-0.2, -0.15) is 0 Å². The molecule has 0 saturated heterocycles. The summed E-state index contributed by atoms with van der Waals surface area (Å²) in [6.45, 7) is 0. The minimum Gasteiger partial charge on any atom is -0.465 e. The Morgan fingerprint density at radius 3 is 1.09 bits per heavy atom. The second-order valence-corrected chi connectivity index (χ2v) is 9.27. The van der Waals surface area contributed by atoms with Crippen LogP contribution in [0.4, 0.5) is 0 Å². The molecule has 0 atom stereocenters. The quantitative estimate of drug-likeness (QED) is 0.628. The molecular weight excluding hydrogens is 270 g/mol. The van der Waals surface area contributed by atoms with Gasteiger partial charge in [-0.15, -0.1) is 0 Å². The molecule has 22 heavy (non-hydrogen) atoms. The Morgan fingerprint density at radius 2 is 0.864 bits per heavy atom. The highest BCUT2D eigenvalue weighted by Gasteiger charge is 2.11. The molecule has 118 valence electrons. The molecule has 0 aliphatic rings. The number of rotatable bonds is 5. The maximum absolute atomic E-state index is 2.36. The summed E-state index contributed by atoms with van der Waals surface area (Å²) in [4.78, 5) is 0. The van der Waals surface area contributed by atoms with Crippen molar-refractivity contribution in [1.29, 1.82) is 0 Å². The van der Waals surface area contributed by atoms with E-state index in [1.54, 1.807) is 0 Å². The van der Waals surface area contributed by atoms with Crippen LogP contribution in [0.2, 0.25) is 0 Å². The van der Waals surface area contributed by atoms with Gasteiger partial charge < -0.3 is 17.7 Å². The number of nitrogens with zero attached hydrogens (tertiary/aromatic N) is 4. The molecule has 0 saturated carbocycles. The summed E-state index contributed by atoms with van der Waals surface area (Å²) in [7, 11) is 13.1. The van der Waals surface area contributed by atoms with Crippen LogP contribution >= 0.6 is 0 Å². The molecule has 0 aliphatic heterocycles. The highest BCUT2D eigenvalue weighted by molar-refractivity contribution is 6.14. The molecule has 0 N–H and O–H groups in total. The van der Waals surface area contributed by atoms with E-state index in [-0.39, 0.29) is 15.1 Å². The first-order valence-corrected chi connectivity index (χ1v) is 8.24. The zero-order valence-electron chi connectivity index (χ0n) is 15.4. The Bertz CT molecular complexity index is 553. The summed E-state index contributed by atoms with van der Waals surface area (Å²) in [6.07, 6.45) is 8.89. The van der Waals surface area contributed by atoms with E-state index in [1.807, 2.05) is 0 Å². The molecule has 0 unspecified atom stereocenters. The Morgan fingerprint density at radius 1 is 0.591 bits per heavy atom. The number of hydrogen-bond acceptors (Lipinski definition) is 0. The van der Waals surface area contributed by atoms with Gasteiger partial charge in [0.05, 0.1) is 0 Å². The summed E-state index contributed by atoms with van der Waals surface area (Å²) < 4.78 is 6.81. The average Bonchev–Trinajstić information content (AvgIpc) is 2.37. The number of pyridine rings is 2. The van der Waals surface area contributed by atoms with Gasteiger partial charge >= 0.3 is 15.1 Å². The van der Waals surface area contributed by atoms with Gasteiger partial charge in [0, 0.05) is 66.6 Å². The third-order valence-electron chi connectivity index (χ3n) is 3.95. The molecule has 0 radical (unpaired) electrons. The monoisotopic (exact) mass is 300 g/mol. The molecule has 0 aliphatic carbocycles. The third-order valence-corrected chi connectivity index (χ3v) is 3.95. The van der Waals surface area contributed by atoms with Crippen molar-refractivity contribution >= 4 is 15.1 Å². The molecule has 0 spiro atoms. The molecule has 2 rings (SSSR count). The van der Waals surface area contributed by atoms with E-state index in [2.05, 4.69) is 100 Å². The van der Waals surface area contributed by atoms with E-state index >= 15 is 0 Å². The smallest absolute Gasteiger partial charge is 0.456 e. The largest absolute Gasteiger partial charge is 0.465 e. The van der Waals surface area contributed by atoms with E-state index in [1.165, 1.54) is 11.1 Å². The lowest BCUT2D eigenvalue weighted by Gasteiger charge is -2.28. The minimum atomic E-state index is -0.210. The number of quaternary nitrogens is 2. The Labute approximate surface area is 136 Å². The first-order chi connectivity index (χ1) is 10.1. The maximum Gasteiger partial charge on any atom is 0.456 e. The van der Waals surface area contributed by atoms with Crippen molar-refractivity contribution in [2.24, 2.45) is 0 Å². The summed E-state index contributed by atoms with van der Waals surface area (Å²) in [6, 6.07) is 8.92. The predicted octanol–water partition coefficient (Wildman–Crippen LogP) is -0.965. The van der Waals surface area contributed by atoms with Gasteiger partial charge in [-0.25, -0.2) is 0 Å². The van der Waals surface area contributed by atoms with E-state index < -0.39 is 0 Å². The molecule has 0 amide bonds. The number of hydrogen-bond donors (Lipinski definition) is 0. The fourth-order valence-corrected chi connectivity index (χ4v) is 3.04. The van der Waals surface area contributed by atoms with Crippen molar-refractivity contribution in [2.75, 3.05) is 42.3 Å². The standard InChI is InChI=1S/C16H30B2N4/c1-21(2,3)17-19-11-7-15(8-12-19)16-9-13-20(14-10-16)18-22(4,5)6/h7-14H,17-18H2,1-6H3/q+2. The van der Waals surface area contributed by atoms with Crippen LogP contribution in [0.15, 0.2) is 49.1 Å². The number of aromatic nitrogens is 2. The lowest BCUT2D eigenvalue weighted by atomic mass is 10.0. The van der Waals surface area contributed by atoms with Crippen LogP contribution in [0, 0.1) is 0 Å². The van der Waals surface area contributed by atoms with Gasteiger partial charge in [0.1, 0.15) is 24.8 Å². The van der Waals surface area contributed by atoms with Gasteiger partial charge in [-0.05, 0) is 11.1 Å². The van der Waals surface area contributed by atoms with Crippen LogP contribution in [0.5, 0.6) is 0 Å². The van der Waals surface area contributed by atoms with Crippen LogP contribution < -0.4 is 8.96 Å². The van der Waals surface area contributed by atoms with Gasteiger partial charge in [-0.3, -0.25) is 0 Å². The van der Waals surface area contributed by atoms with Gasteiger partial charge in [0.2, 0.25) is 0 Å². The first kappa shape index (κ1) is 16.7. The molecule has 0 fully saturated rings. The molecule has 0 bridgehead atoms. The van der Waals surface area contributed by atoms with Crippen molar-refractivity contribution in [1.82, 2.24) is 0 Å². The Hall–Kier alpha value is -1.65. The topological polar surface area (TPSA) is 7.76 Å². The van der Waals surface area contributed by atoms with E-state index in [0.29, 0.717) is 0 Å². The SMILES string of the molecule is C[N+](C)(C)[BH2-][n+]1ccc(-c2cc[n+]([BH2-][N+](C)(C)C)cc2)cc1. The Kier molecular flexibility index (Phi) is 4.73. The van der Waals surface area contributed by atoms with E-state index in [0.717, 1.165) is 8.79 Å². The summed E-state index contributed by atoms with van der Waals surface area (Å²) >= 11 is 0. The highest BCUT2D eigenvalue weighted by Crippen LogP contribution is 2.15. The summed E-state index contributed by atoms with van der Waals surface area (Å²) in [5.41, 5.74) is 2.59. The fraction of sp³-hybridized carbons (Fsp3) is 0.375. The zero-order valence-corrected chi connectivity index (χ0v) is 15.4. The molecule has 2 aromatic heterocycles. The fourth-order valence-electron chi connectivity index (χ4n) is 3.04. The zero-order chi connectivity index (χ0) is 16.4. The molecule has 2 heterocycles. The first-order valence-electron chi connectivity index (χ1n) is 8.24. The third kappa shape index (κ3) is 5.28. The molecule has 6 heteroatoms. The Balaban J connectivity index is 2.12.